The van der Waals surface area contributed by atoms with Gasteiger partial charge in [-0.1, -0.05) is 32.0 Å². The second-order valence-corrected chi connectivity index (χ2v) is 7.63. The molecule has 25 heavy (non-hydrogen) atoms. The Morgan fingerprint density at radius 3 is 2.56 bits per heavy atom. The van der Waals surface area contributed by atoms with E-state index in [2.05, 4.69) is 9.97 Å². The van der Waals surface area contributed by atoms with E-state index in [0.717, 1.165) is 10.4 Å². The van der Waals surface area contributed by atoms with E-state index in [4.69, 9.17) is 0 Å². The molecule has 0 atom stereocenters. The van der Waals surface area contributed by atoms with Crippen LogP contribution in [0.1, 0.15) is 30.5 Å². The van der Waals surface area contributed by atoms with Crippen LogP contribution in [0.5, 0.6) is 0 Å². The lowest BCUT2D eigenvalue weighted by molar-refractivity contribution is 0.721. The second kappa shape index (κ2) is 5.67. The van der Waals surface area contributed by atoms with Crippen LogP contribution in [0.15, 0.2) is 46.0 Å². The number of benzene rings is 1. The minimum atomic E-state index is -0.325. The van der Waals surface area contributed by atoms with Gasteiger partial charge in [0.15, 0.2) is 0 Å². The van der Waals surface area contributed by atoms with E-state index >= 15 is 0 Å². The number of aromatic nitrogens is 3. The van der Waals surface area contributed by atoms with Gasteiger partial charge in [0, 0.05) is 10.8 Å². The fraction of sp³-hybridized carbons (Fsp3) is 0.211. The maximum Gasteiger partial charge on any atom is 0.271 e. The summed E-state index contributed by atoms with van der Waals surface area (Å²) in [5.74, 6) is 0.659. The molecule has 0 saturated carbocycles. The first kappa shape index (κ1) is 15.8. The minimum absolute atomic E-state index is 0.0284. The van der Waals surface area contributed by atoms with Crippen molar-refractivity contribution >= 4 is 32.6 Å². The number of para-hydroxylation sites is 1. The van der Waals surface area contributed by atoms with Gasteiger partial charge in [-0.25, -0.2) is 4.98 Å². The molecule has 0 fully saturated rings. The quantitative estimate of drug-likeness (QED) is 0.598. The van der Waals surface area contributed by atoms with E-state index in [0.29, 0.717) is 21.9 Å². The summed E-state index contributed by atoms with van der Waals surface area (Å²) in [5, 5.41) is 0.114. The number of pyridine rings is 1. The first-order valence-electron chi connectivity index (χ1n) is 8.12. The van der Waals surface area contributed by atoms with Crippen molar-refractivity contribution in [2.24, 2.45) is 0 Å². The lowest BCUT2D eigenvalue weighted by Crippen LogP contribution is -2.28. The first-order valence-corrected chi connectivity index (χ1v) is 8.93. The summed E-state index contributed by atoms with van der Waals surface area (Å²) in [5.41, 5.74) is 1.23. The van der Waals surface area contributed by atoms with Crippen molar-refractivity contribution in [3.63, 3.8) is 0 Å². The fourth-order valence-electron chi connectivity index (χ4n) is 3.06. The van der Waals surface area contributed by atoms with E-state index in [-0.39, 0.29) is 22.3 Å². The van der Waals surface area contributed by atoms with Crippen LogP contribution < -0.4 is 11.0 Å². The van der Waals surface area contributed by atoms with Crippen molar-refractivity contribution in [2.45, 2.75) is 26.7 Å². The fourth-order valence-corrected chi connectivity index (χ4v) is 3.98. The summed E-state index contributed by atoms with van der Waals surface area (Å²) in [7, 11) is 0. The Kier molecular flexibility index (Phi) is 3.58. The predicted molar refractivity (Wildman–Crippen MR) is 102 cm³/mol. The molecule has 6 heteroatoms. The molecule has 1 aromatic carbocycles. The Bertz CT molecular complexity index is 1220. The zero-order chi connectivity index (χ0) is 17.7. The Labute approximate surface area is 147 Å². The number of hydrogen-bond acceptors (Lipinski definition) is 4. The van der Waals surface area contributed by atoms with Crippen molar-refractivity contribution in [3.05, 3.63) is 67.7 Å². The van der Waals surface area contributed by atoms with Crippen LogP contribution in [0, 0.1) is 6.92 Å². The highest BCUT2D eigenvalue weighted by Gasteiger charge is 2.19. The Morgan fingerprint density at radius 1 is 1.16 bits per heavy atom. The molecule has 126 valence electrons. The van der Waals surface area contributed by atoms with Crippen LogP contribution in [0.4, 0.5) is 0 Å². The number of rotatable bonds is 2. The van der Waals surface area contributed by atoms with Gasteiger partial charge < -0.3 is 4.98 Å². The SMILES string of the molecule is Cc1cc2[nH]c3nc(C(C)C)n(-c4ccccc4)c(=O)c3c(=O)c2s1. The Morgan fingerprint density at radius 2 is 1.88 bits per heavy atom. The highest BCUT2D eigenvalue weighted by atomic mass is 32.1. The van der Waals surface area contributed by atoms with Crippen LogP contribution >= 0.6 is 11.3 Å². The molecule has 5 nitrogen and oxygen atoms in total. The third-order valence-corrected chi connectivity index (χ3v) is 5.23. The maximum absolute atomic E-state index is 13.2. The number of aromatic amines is 1. The largest absolute Gasteiger partial charge is 0.338 e. The molecule has 0 bridgehead atoms. The zero-order valence-corrected chi connectivity index (χ0v) is 15.0. The number of thiophene rings is 1. The average molecular weight is 351 g/mol. The van der Waals surface area contributed by atoms with Crippen LogP contribution in [-0.4, -0.2) is 14.5 Å². The molecule has 3 aromatic heterocycles. The number of aryl methyl sites for hydroxylation is 1. The highest BCUT2D eigenvalue weighted by molar-refractivity contribution is 7.18. The van der Waals surface area contributed by atoms with Gasteiger partial charge in [0.1, 0.15) is 16.9 Å². The van der Waals surface area contributed by atoms with Gasteiger partial charge >= 0.3 is 0 Å². The molecule has 0 unspecified atom stereocenters. The summed E-state index contributed by atoms with van der Waals surface area (Å²) in [6.07, 6.45) is 0. The molecule has 0 aliphatic carbocycles. The topological polar surface area (TPSA) is 67.8 Å². The molecule has 0 aliphatic heterocycles. The summed E-state index contributed by atoms with van der Waals surface area (Å²) in [6, 6.07) is 11.2. The smallest absolute Gasteiger partial charge is 0.271 e. The Balaban J connectivity index is 2.22. The zero-order valence-electron chi connectivity index (χ0n) is 14.2. The van der Waals surface area contributed by atoms with Crippen LogP contribution in [0.3, 0.4) is 0 Å². The molecule has 4 rings (SSSR count). The third-order valence-electron chi connectivity index (χ3n) is 4.18. The van der Waals surface area contributed by atoms with E-state index < -0.39 is 0 Å². The number of nitrogens with zero attached hydrogens (tertiary/aromatic N) is 2. The van der Waals surface area contributed by atoms with Crippen LogP contribution in [0.2, 0.25) is 0 Å². The van der Waals surface area contributed by atoms with E-state index in [1.165, 1.54) is 11.3 Å². The van der Waals surface area contributed by atoms with Gasteiger partial charge in [-0.15, -0.1) is 11.3 Å². The van der Waals surface area contributed by atoms with Crippen LogP contribution in [-0.2, 0) is 0 Å². The minimum Gasteiger partial charge on any atom is -0.338 e. The second-order valence-electron chi connectivity index (χ2n) is 6.38. The lowest BCUT2D eigenvalue weighted by atomic mass is 10.1. The van der Waals surface area contributed by atoms with Crippen molar-refractivity contribution in [3.8, 4) is 5.69 Å². The normalized spacial score (nSPS) is 11.7. The summed E-state index contributed by atoms with van der Waals surface area (Å²) < 4.78 is 2.12. The molecule has 3 heterocycles. The number of hydrogen-bond donors (Lipinski definition) is 1. The molecule has 0 radical (unpaired) electrons. The van der Waals surface area contributed by atoms with Gasteiger partial charge in [-0.3, -0.25) is 14.2 Å². The molecule has 0 saturated heterocycles. The first-order chi connectivity index (χ1) is 12.0. The van der Waals surface area contributed by atoms with Crippen LogP contribution in [0.25, 0.3) is 26.9 Å². The average Bonchev–Trinajstić information content (AvgIpc) is 2.95. The number of fused-ring (bicyclic) bond motifs is 2. The molecule has 4 aromatic rings. The number of H-pyrrole nitrogens is 1. The Hall–Kier alpha value is -2.73. The number of nitrogens with one attached hydrogen (secondary N) is 1. The van der Waals surface area contributed by atoms with E-state index in [1.807, 2.05) is 57.2 Å². The van der Waals surface area contributed by atoms with Crippen molar-refractivity contribution in [2.75, 3.05) is 0 Å². The van der Waals surface area contributed by atoms with Gasteiger partial charge in [0.05, 0.1) is 15.9 Å². The van der Waals surface area contributed by atoms with Crippen molar-refractivity contribution in [1.82, 2.24) is 14.5 Å². The van der Waals surface area contributed by atoms with E-state index in [9.17, 15) is 9.59 Å². The van der Waals surface area contributed by atoms with Crippen molar-refractivity contribution < 1.29 is 0 Å². The maximum atomic E-state index is 13.2. The predicted octanol–water partition coefficient (Wildman–Crippen LogP) is 3.72. The van der Waals surface area contributed by atoms with Crippen molar-refractivity contribution in [1.29, 1.82) is 0 Å². The summed E-state index contributed by atoms with van der Waals surface area (Å²) in [6.45, 7) is 5.91. The monoisotopic (exact) mass is 351 g/mol. The van der Waals surface area contributed by atoms with Gasteiger partial charge in [-0.2, -0.15) is 0 Å². The molecule has 0 amide bonds. The lowest BCUT2D eigenvalue weighted by Gasteiger charge is -2.15. The highest BCUT2D eigenvalue weighted by Crippen LogP contribution is 2.23. The standard InChI is InChI=1S/C19H17N3O2S/c1-10(2)18-21-17-14(15(23)16-13(20-17)9-11(3)25-16)19(24)22(18)12-7-5-4-6-8-12/h4-10H,1-3H3,(H,20,23). The van der Waals surface area contributed by atoms with Gasteiger partial charge in [0.2, 0.25) is 5.43 Å². The summed E-state index contributed by atoms with van der Waals surface area (Å²) in [4.78, 5) is 35.0. The van der Waals surface area contributed by atoms with E-state index in [1.54, 1.807) is 4.57 Å². The third kappa shape index (κ3) is 2.41. The van der Waals surface area contributed by atoms with Gasteiger partial charge in [0.25, 0.3) is 5.56 Å². The molecule has 0 aliphatic rings. The molecule has 1 N–H and O–H groups in total. The molecular weight excluding hydrogens is 334 g/mol. The molecule has 0 spiro atoms. The molecular formula is C19H17N3O2S. The summed E-state index contributed by atoms with van der Waals surface area (Å²) >= 11 is 1.39. The van der Waals surface area contributed by atoms with Gasteiger partial charge in [-0.05, 0) is 25.1 Å².